The molecule has 0 unspecified atom stereocenters. The Hall–Kier alpha value is -0.153. The molecule has 0 amide bonds. The Morgan fingerprint density at radius 1 is 1.25 bits per heavy atom. The summed E-state index contributed by atoms with van der Waals surface area (Å²) in [5.74, 6) is 0.921. The number of hydrogen-bond acceptors (Lipinski definition) is 2. The smallest absolute Gasteiger partial charge is 0.192 e. The molecule has 3 atom stereocenters. The molecule has 20 heavy (non-hydrogen) atoms. The zero-order chi connectivity index (χ0) is 15.2. The van der Waals surface area contributed by atoms with Gasteiger partial charge >= 0.3 is 0 Å². The second kappa shape index (κ2) is 5.24. The summed E-state index contributed by atoms with van der Waals surface area (Å²) in [6, 6.07) is 0. The number of ketones is 1. The monoisotopic (exact) mass is 296 g/mol. The molecule has 2 fully saturated rings. The zero-order valence-electron chi connectivity index (χ0n) is 14.2. The van der Waals surface area contributed by atoms with Crippen molar-refractivity contribution in [2.24, 2.45) is 11.3 Å². The average Bonchev–Trinajstić information content (AvgIpc) is 2.29. The van der Waals surface area contributed by atoms with E-state index in [0.717, 1.165) is 25.7 Å². The van der Waals surface area contributed by atoms with E-state index in [1.165, 1.54) is 12.8 Å². The minimum atomic E-state index is -1.73. The van der Waals surface area contributed by atoms with Crippen LogP contribution in [0.5, 0.6) is 0 Å². The van der Waals surface area contributed by atoms with Crippen molar-refractivity contribution >= 4 is 14.1 Å². The summed E-state index contributed by atoms with van der Waals surface area (Å²) in [7, 11) is -1.73. The van der Waals surface area contributed by atoms with E-state index < -0.39 is 8.32 Å². The minimum absolute atomic E-state index is 0.250. The molecular formula is C17H32O2Si. The second-order valence-corrected chi connectivity index (χ2v) is 13.6. The average molecular weight is 297 g/mol. The van der Waals surface area contributed by atoms with Crippen LogP contribution in [0.1, 0.15) is 66.2 Å². The summed E-state index contributed by atoms with van der Waals surface area (Å²) in [6.07, 6.45) is 6.64. The molecular weight excluding hydrogens is 264 g/mol. The largest absolute Gasteiger partial charge is 0.414 e. The lowest BCUT2D eigenvalue weighted by atomic mass is 9.59. The molecule has 0 aliphatic heterocycles. The maximum Gasteiger partial charge on any atom is 0.192 e. The number of carbonyl (C=O) groups is 1. The molecule has 2 nitrogen and oxygen atoms in total. The third-order valence-corrected chi connectivity index (χ3v) is 10.8. The molecule has 0 saturated heterocycles. The third kappa shape index (κ3) is 3.04. The first-order chi connectivity index (χ1) is 9.05. The maximum atomic E-state index is 11.9. The predicted octanol–water partition coefficient (Wildman–Crippen LogP) is 4.94. The van der Waals surface area contributed by atoms with Gasteiger partial charge in [-0.05, 0) is 48.7 Å². The van der Waals surface area contributed by atoms with E-state index in [-0.39, 0.29) is 5.04 Å². The van der Waals surface area contributed by atoms with Crippen LogP contribution in [-0.2, 0) is 9.22 Å². The van der Waals surface area contributed by atoms with Gasteiger partial charge < -0.3 is 4.43 Å². The van der Waals surface area contributed by atoms with Gasteiger partial charge in [-0.2, -0.15) is 0 Å². The van der Waals surface area contributed by atoms with Crippen molar-refractivity contribution in [2.45, 2.75) is 90.5 Å². The van der Waals surface area contributed by atoms with Crippen molar-refractivity contribution in [1.82, 2.24) is 0 Å². The van der Waals surface area contributed by atoms with Crippen LogP contribution >= 0.6 is 0 Å². The van der Waals surface area contributed by atoms with Crippen molar-refractivity contribution in [2.75, 3.05) is 0 Å². The fourth-order valence-corrected chi connectivity index (χ4v) is 5.09. The topological polar surface area (TPSA) is 26.3 Å². The van der Waals surface area contributed by atoms with E-state index >= 15 is 0 Å². The molecule has 3 heteroatoms. The lowest BCUT2D eigenvalue weighted by Crippen LogP contribution is -2.52. The molecule has 0 spiro atoms. The Labute approximate surface area is 125 Å². The molecule has 0 heterocycles. The normalized spacial score (nSPS) is 35.8. The second-order valence-electron chi connectivity index (χ2n) is 8.81. The molecule has 2 aliphatic carbocycles. The molecule has 2 aliphatic rings. The first-order valence-electron chi connectivity index (χ1n) is 8.25. The Balaban J connectivity index is 2.17. The van der Waals surface area contributed by atoms with Crippen molar-refractivity contribution in [1.29, 1.82) is 0 Å². The number of Topliss-reactive ketones (excluding diaryl/α,β-unsaturated/α-hetero) is 1. The van der Waals surface area contributed by atoms with Gasteiger partial charge in [0.05, 0.1) is 0 Å². The highest BCUT2D eigenvalue weighted by Crippen LogP contribution is 2.51. The first-order valence-corrected chi connectivity index (χ1v) is 11.2. The number of carbonyl (C=O) groups excluding carboxylic acids is 1. The van der Waals surface area contributed by atoms with Gasteiger partial charge in [-0.3, -0.25) is 4.79 Å². The summed E-state index contributed by atoms with van der Waals surface area (Å²) < 4.78 is 6.71. The highest BCUT2D eigenvalue weighted by Gasteiger charge is 2.49. The van der Waals surface area contributed by atoms with Crippen LogP contribution < -0.4 is 0 Å². The van der Waals surface area contributed by atoms with E-state index in [1.807, 2.05) is 0 Å². The third-order valence-electron chi connectivity index (χ3n) is 6.26. The Morgan fingerprint density at radius 2 is 1.90 bits per heavy atom. The van der Waals surface area contributed by atoms with Gasteiger partial charge in [0, 0.05) is 18.9 Å². The van der Waals surface area contributed by atoms with Gasteiger partial charge in [0.25, 0.3) is 0 Å². The molecule has 0 aromatic rings. The van der Waals surface area contributed by atoms with Crippen molar-refractivity contribution in [3.05, 3.63) is 0 Å². The van der Waals surface area contributed by atoms with Crippen molar-refractivity contribution in [3.63, 3.8) is 0 Å². The highest BCUT2D eigenvalue weighted by molar-refractivity contribution is 6.74. The summed E-state index contributed by atoms with van der Waals surface area (Å²) in [5.41, 5.74) is 0.346. The molecule has 2 saturated carbocycles. The van der Waals surface area contributed by atoms with Gasteiger partial charge in [0.15, 0.2) is 8.32 Å². The van der Waals surface area contributed by atoms with Crippen LogP contribution in [0, 0.1) is 11.3 Å². The quantitative estimate of drug-likeness (QED) is 0.675. The van der Waals surface area contributed by atoms with Gasteiger partial charge in [-0.1, -0.05) is 34.1 Å². The molecule has 0 N–H and O–H groups in total. The van der Waals surface area contributed by atoms with E-state index in [2.05, 4.69) is 40.8 Å². The zero-order valence-corrected chi connectivity index (χ0v) is 15.2. The summed E-state index contributed by atoms with van der Waals surface area (Å²) >= 11 is 0. The molecule has 116 valence electrons. The summed E-state index contributed by atoms with van der Waals surface area (Å²) in [5, 5.41) is 0.250. The predicted molar refractivity (Wildman–Crippen MR) is 86.4 cm³/mol. The molecule has 0 aromatic carbocycles. The lowest BCUT2D eigenvalue weighted by Gasteiger charge is -2.51. The van der Waals surface area contributed by atoms with Crippen LogP contribution in [0.2, 0.25) is 18.1 Å². The number of fused-ring (bicyclic) bond motifs is 1. The Bertz CT molecular complexity index is 383. The van der Waals surface area contributed by atoms with Crippen LogP contribution in [-0.4, -0.2) is 20.2 Å². The van der Waals surface area contributed by atoms with Crippen molar-refractivity contribution in [3.8, 4) is 0 Å². The summed E-state index contributed by atoms with van der Waals surface area (Å²) in [6.45, 7) is 14.0. The van der Waals surface area contributed by atoms with Crippen LogP contribution in [0.4, 0.5) is 0 Å². The first kappa shape index (κ1) is 16.2. The van der Waals surface area contributed by atoms with Crippen LogP contribution in [0.15, 0.2) is 0 Å². The lowest BCUT2D eigenvalue weighted by molar-refractivity contribution is -0.130. The van der Waals surface area contributed by atoms with Gasteiger partial charge in [0.1, 0.15) is 5.78 Å². The van der Waals surface area contributed by atoms with Gasteiger partial charge in [0.2, 0.25) is 0 Å². The maximum absolute atomic E-state index is 11.9. The fourth-order valence-electron chi connectivity index (χ4n) is 3.70. The van der Waals surface area contributed by atoms with E-state index in [1.54, 1.807) is 0 Å². The molecule has 0 aromatic heterocycles. The van der Waals surface area contributed by atoms with E-state index in [0.29, 0.717) is 23.2 Å². The number of rotatable bonds is 2. The van der Waals surface area contributed by atoms with E-state index in [9.17, 15) is 4.79 Å². The SMILES string of the molecule is CC(C)(C)[Si](C)(C)O[C@@H]1CCC[C@@]2(C)CCC(=O)C[C@H]12. The standard InChI is InChI=1S/C17H32O2Si/c1-16(2,3)20(5,6)19-15-8-7-10-17(4)11-9-13(18)12-14(15)17/h14-15H,7-12H2,1-6H3/t14-,15-,17+/m1/s1. The molecule has 0 radical (unpaired) electrons. The van der Waals surface area contributed by atoms with Crippen molar-refractivity contribution < 1.29 is 9.22 Å². The highest BCUT2D eigenvalue weighted by atomic mass is 28.4. The summed E-state index contributed by atoms with van der Waals surface area (Å²) in [4.78, 5) is 11.9. The Morgan fingerprint density at radius 3 is 2.50 bits per heavy atom. The van der Waals surface area contributed by atoms with Crippen LogP contribution in [0.3, 0.4) is 0 Å². The Kier molecular flexibility index (Phi) is 4.25. The molecule has 2 rings (SSSR count). The van der Waals surface area contributed by atoms with Gasteiger partial charge in [-0.25, -0.2) is 0 Å². The van der Waals surface area contributed by atoms with Crippen LogP contribution in [0.25, 0.3) is 0 Å². The molecule has 0 bridgehead atoms. The minimum Gasteiger partial charge on any atom is -0.414 e. The van der Waals surface area contributed by atoms with Gasteiger partial charge in [-0.15, -0.1) is 0 Å². The number of hydrogen-bond donors (Lipinski definition) is 0. The fraction of sp³-hybridized carbons (Fsp3) is 0.941. The van der Waals surface area contributed by atoms with E-state index in [4.69, 9.17) is 4.43 Å².